The Morgan fingerprint density at radius 3 is 2.83 bits per heavy atom. The number of carbonyl (C=O) groups is 1. The van der Waals surface area contributed by atoms with Crippen LogP contribution in [-0.4, -0.2) is 23.0 Å². The van der Waals surface area contributed by atoms with Gasteiger partial charge in [-0.25, -0.2) is 0 Å². The van der Waals surface area contributed by atoms with Crippen LogP contribution in [0.15, 0.2) is 24.4 Å². The first-order chi connectivity index (χ1) is 5.86. The van der Waals surface area contributed by atoms with Crippen molar-refractivity contribution in [1.29, 1.82) is 0 Å². The standard InChI is InChI=1S/C9H9NO2/c11-5-1-2-9-4-3-8(7-12)6-10-9/h1-4,6-7,11H,5H2. The van der Waals surface area contributed by atoms with Gasteiger partial charge < -0.3 is 5.11 Å². The van der Waals surface area contributed by atoms with Crippen molar-refractivity contribution in [3.05, 3.63) is 35.7 Å². The zero-order valence-corrected chi connectivity index (χ0v) is 6.47. The molecule has 1 aromatic heterocycles. The summed E-state index contributed by atoms with van der Waals surface area (Å²) in [6, 6.07) is 3.40. The van der Waals surface area contributed by atoms with Gasteiger partial charge in [-0.1, -0.05) is 6.08 Å². The minimum atomic E-state index is -0.00287. The van der Waals surface area contributed by atoms with E-state index in [4.69, 9.17) is 5.11 Å². The molecule has 1 N–H and O–H groups in total. The van der Waals surface area contributed by atoms with E-state index in [1.165, 1.54) is 6.20 Å². The van der Waals surface area contributed by atoms with Crippen molar-refractivity contribution in [2.24, 2.45) is 0 Å². The van der Waals surface area contributed by atoms with Gasteiger partial charge in [-0.3, -0.25) is 9.78 Å². The summed E-state index contributed by atoms with van der Waals surface area (Å²) in [6.45, 7) is -0.00287. The van der Waals surface area contributed by atoms with Crippen LogP contribution >= 0.6 is 0 Å². The van der Waals surface area contributed by atoms with Gasteiger partial charge in [0.25, 0.3) is 0 Å². The van der Waals surface area contributed by atoms with Gasteiger partial charge in [0, 0.05) is 11.8 Å². The summed E-state index contributed by atoms with van der Waals surface area (Å²) in [5, 5.41) is 8.46. The highest BCUT2D eigenvalue weighted by molar-refractivity contribution is 5.74. The van der Waals surface area contributed by atoms with Gasteiger partial charge in [-0.15, -0.1) is 0 Å². The van der Waals surface area contributed by atoms with Crippen LogP contribution in [-0.2, 0) is 0 Å². The molecule has 1 rings (SSSR count). The molecule has 0 spiro atoms. The molecule has 0 aromatic carbocycles. The van der Waals surface area contributed by atoms with E-state index in [-0.39, 0.29) is 6.61 Å². The minimum absolute atomic E-state index is 0.00287. The van der Waals surface area contributed by atoms with Crippen LogP contribution in [0.5, 0.6) is 0 Å². The zero-order valence-electron chi connectivity index (χ0n) is 6.47. The van der Waals surface area contributed by atoms with Gasteiger partial charge >= 0.3 is 0 Å². The second-order valence-electron chi connectivity index (χ2n) is 2.22. The molecule has 0 bridgehead atoms. The van der Waals surface area contributed by atoms with E-state index in [0.29, 0.717) is 5.56 Å². The number of aldehydes is 1. The highest BCUT2D eigenvalue weighted by Gasteiger charge is 1.89. The second-order valence-corrected chi connectivity index (χ2v) is 2.22. The van der Waals surface area contributed by atoms with Crippen LogP contribution in [0, 0.1) is 0 Å². The van der Waals surface area contributed by atoms with Gasteiger partial charge in [0.05, 0.1) is 12.3 Å². The molecule has 62 valence electrons. The summed E-state index contributed by atoms with van der Waals surface area (Å²) in [6.07, 6.45) is 5.51. The normalized spacial score (nSPS) is 10.4. The number of hydrogen-bond donors (Lipinski definition) is 1. The van der Waals surface area contributed by atoms with E-state index in [1.54, 1.807) is 24.3 Å². The quantitative estimate of drug-likeness (QED) is 0.673. The molecule has 12 heavy (non-hydrogen) atoms. The monoisotopic (exact) mass is 163 g/mol. The lowest BCUT2D eigenvalue weighted by molar-refractivity contribution is 0.112. The average Bonchev–Trinajstić information content (AvgIpc) is 2.15. The molecule has 0 fully saturated rings. The Morgan fingerprint density at radius 1 is 1.50 bits per heavy atom. The maximum absolute atomic E-state index is 10.2. The topological polar surface area (TPSA) is 50.2 Å². The molecule has 0 aliphatic carbocycles. The smallest absolute Gasteiger partial charge is 0.151 e. The molecule has 0 saturated heterocycles. The average molecular weight is 163 g/mol. The Hall–Kier alpha value is -1.48. The maximum atomic E-state index is 10.2. The van der Waals surface area contributed by atoms with E-state index in [0.717, 1.165) is 12.0 Å². The molecule has 1 aromatic rings. The molecular formula is C9H9NO2. The summed E-state index contributed by atoms with van der Waals surface area (Å²) >= 11 is 0. The fourth-order valence-electron chi connectivity index (χ4n) is 0.758. The Morgan fingerprint density at radius 2 is 2.33 bits per heavy atom. The number of aromatic nitrogens is 1. The number of nitrogens with zero attached hydrogens (tertiary/aromatic N) is 1. The number of aliphatic hydroxyl groups is 1. The number of rotatable bonds is 3. The predicted octanol–water partition coefficient (Wildman–Crippen LogP) is 0.900. The fraction of sp³-hybridized carbons (Fsp3) is 0.111. The largest absolute Gasteiger partial charge is 0.392 e. The first-order valence-electron chi connectivity index (χ1n) is 3.55. The van der Waals surface area contributed by atoms with Gasteiger partial charge in [-0.05, 0) is 18.2 Å². The third-order valence-corrected chi connectivity index (χ3v) is 1.34. The summed E-state index contributed by atoms with van der Waals surface area (Å²) in [5.41, 5.74) is 1.28. The summed E-state index contributed by atoms with van der Waals surface area (Å²) in [7, 11) is 0. The number of pyridine rings is 1. The van der Waals surface area contributed by atoms with Crippen LogP contribution < -0.4 is 0 Å². The molecule has 0 aliphatic heterocycles. The SMILES string of the molecule is O=Cc1ccc(C=CCO)nc1. The van der Waals surface area contributed by atoms with E-state index < -0.39 is 0 Å². The zero-order chi connectivity index (χ0) is 8.81. The Bertz CT molecular complexity index is 277. The van der Waals surface area contributed by atoms with Crippen LogP contribution in [0.2, 0.25) is 0 Å². The van der Waals surface area contributed by atoms with E-state index in [1.807, 2.05) is 0 Å². The Balaban J connectivity index is 2.77. The molecule has 3 heteroatoms. The maximum Gasteiger partial charge on any atom is 0.151 e. The molecule has 0 radical (unpaired) electrons. The van der Waals surface area contributed by atoms with Crippen LogP contribution in [0.25, 0.3) is 6.08 Å². The van der Waals surface area contributed by atoms with Crippen molar-refractivity contribution >= 4 is 12.4 Å². The second kappa shape index (κ2) is 4.41. The summed E-state index contributed by atoms with van der Waals surface area (Å²) in [5.74, 6) is 0. The van der Waals surface area contributed by atoms with Gasteiger partial charge in [0.2, 0.25) is 0 Å². The van der Waals surface area contributed by atoms with Crippen molar-refractivity contribution in [2.75, 3.05) is 6.61 Å². The molecule has 0 atom stereocenters. The lowest BCUT2D eigenvalue weighted by Gasteiger charge is -1.91. The lowest BCUT2D eigenvalue weighted by atomic mass is 10.2. The predicted molar refractivity (Wildman–Crippen MR) is 45.7 cm³/mol. The first kappa shape index (κ1) is 8.62. The van der Waals surface area contributed by atoms with Crippen LogP contribution in [0.3, 0.4) is 0 Å². The van der Waals surface area contributed by atoms with E-state index in [9.17, 15) is 4.79 Å². The van der Waals surface area contributed by atoms with Gasteiger partial charge in [0.15, 0.2) is 6.29 Å². The van der Waals surface area contributed by atoms with Gasteiger partial charge in [0.1, 0.15) is 0 Å². The number of carbonyl (C=O) groups excluding carboxylic acids is 1. The third kappa shape index (κ3) is 2.29. The Kier molecular flexibility index (Phi) is 3.17. The van der Waals surface area contributed by atoms with E-state index >= 15 is 0 Å². The number of hydrogen-bond acceptors (Lipinski definition) is 3. The van der Waals surface area contributed by atoms with E-state index in [2.05, 4.69) is 4.98 Å². The van der Waals surface area contributed by atoms with Crippen molar-refractivity contribution in [3.63, 3.8) is 0 Å². The molecular weight excluding hydrogens is 154 g/mol. The number of aliphatic hydroxyl groups excluding tert-OH is 1. The summed E-state index contributed by atoms with van der Waals surface area (Å²) < 4.78 is 0. The fourth-order valence-corrected chi connectivity index (χ4v) is 0.758. The first-order valence-corrected chi connectivity index (χ1v) is 3.55. The molecule has 3 nitrogen and oxygen atoms in total. The van der Waals surface area contributed by atoms with Crippen molar-refractivity contribution in [3.8, 4) is 0 Å². The third-order valence-electron chi connectivity index (χ3n) is 1.34. The van der Waals surface area contributed by atoms with Crippen LogP contribution in [0.4, 0.5) is 0 Å². The Labute approximate surface area is 70.4 Å². The van der Waals surface area contributed by atoms with Crippen LogP contribution in [0.1, 0.15) is 16.1 Å². The molecule has 0 amide bonds. The van der Waals surface area contributed by atoms with Gasteiger partial charge in [-0.2, -0.15) is 0 Å². The van der Waals surface area contributed by atoms with Crippen molar-refractivity contribution < 1.29 is 9.90 Å². The minimum Gasteiger partial charge on any atom is -0.392 e. The van der Waals surface area contributed by atoms with Crippen molar-refractivity contribution in [1.82, 2.24) is 4.98 Å². The molecule has 0 saturated carbocycles. The molecule has 0 unspecified atom stereocenters. The molecule has 1 heterocycles. The van der Waals surface area contributed by atoms with Crippen molar-refractivity contribution in [2.45, 2.75) is 0 Å². The lowest BCUT2D eigenvalue weighted by Crippen LogP contribution is -1.84. The highest BCUT2D eigenvalue weighted by atomic mass is 16.2. The summed E-state index contributed by atoms with van der Waals surface area (Å²) in [4.78, 5) is 14.2. The highest BCUT2D eigenvalue weighted by Crippen LogP contribution is 1.99. The molecule has 0 aliphatic rings.